The molecular weight excluding hydrogens is 492 g/mol. The molecule has 2 N–H and O–H groups in total. The number of rotatable bonds is 7. The molecule has 0 aliphatic rings. The van der Waals surface area contributed by atoms with Crippen LogP contribution in [0.15, 0.2) is 54.9 Å². The topological polar surface area (TPSA) is 107 Å². The second-order valence-corrected chi connectivity index (χ2v) is 8.27. The van der Waals surface area contributed by atoms with Crippen molar-refractivity contribution in [3.05, 3.63) is 77.5 Å². The highest BCUT2D eigenvalue weighted by atomic mass is 19.3. The molecule has 4 heterocycles. The van der Waals surface area contributed by atoms with E-state index in [9.17, 15) is 22.7 Å². The van der Waals surface area contributed by atoms with Gasteiger partial charge in [0.1, 0.15) is 23.5 Å². The summed E-state index contributed by atoms with van der Waals surface area (Å²) in [6.07, 6.45) is -5.77. The summed E-state index contributed by atoms with van der Waals surface area (Å²) in [7, 11) is 0. The SMILES string of the molecule is Cc1ccc(Nc2ccc3c(c2)ncn3-c2ccc(C(C)O)c(-n3nc(C(F)F)cc3C(F)F)n2)nn1. The largest absolute Gasteiger partial charge is 0.389 e. The maximum Gasteiger partial charge on any atom is 0.282 e. The van der Waals surface area contributed by atoms with Crippen molar-refractivity contribution in [2.75, 3.05) is 5.32 Å². The van der Waals surface area contributed by atoms with Crippen molar-refractivity contribution >= 4 is 22.5 Å². The van der Waals surface area contributed by atoms with Gasteiger partial charge in [0.05, 0.1) is 22.8 Å². The molecule has 0 saturated heterocycles. The number of aryl methyl sites for hydroxylation is 1. The highest BCUT2D eigenvalue weighted by Gasteiger charge is 2.25. The van der Waals surface area contributed by atoms with Gasteiger partial charge >= 0.3 is 0 Å². The van der Waals surface area contributed by atoms with E-state index < -0.39 is 30.3 Å². The number of fused-ring (bicyclic) bond motifs is 1. The molecule has 0 saturated carbocycles. The zero-order chi connectivity index (χ0) is 26.3. The third-order valence-electron chi connectivity index (χ3n) is 5.61. The Balaban J connectivity index is 1.57. The molecule has 13 heteroatoms. The number of aliphatic hydroxyl groups excluding tert-OH is 1. The second kappa shape index (κ2) is 9.58. The first-order valence-corrected chi connectivity index (χ1v) is 11.1. The normalized spacial score (nSPS) is 12.6. The van der Waals surface area contributed by atoms with Gasteiger partial charge in [0.25, 0.3) is 12.9 Å². The first-order chi connectivity index (χ1) is 17.7. The van der Waals surface area contributed by atoms with E-state index in [1.54, 1.807) is 34.9 Å². The molecule has 9 nitrogen and oxygen atoms in total. The number of hydrogen-bond donors (Lipinski definition) is 2. The van der Waals surface area contributed by atoms with Crippen LogP contribution in [0.5, 0.6) is 0 Å². The lowest BCUT2D eigenvalue weighted by Crippen LogP contribution is -2.12. The van der Waals surface area contributed by atoms with Gasteiger partial charge in [-0.25, -0.2) is 32.2 Å². The number of imidazole rings is 1. The minimum atomic E-state index is -3.09. The first-order valence-electron chi connectivity index (χ1n) is 11.1. The lowest BCUT2D eigenvalue weighted by Gasteiger charge is -2.15. The summed E-state index contributed by atoms with van der Waals surface area (Å²) in [6, 6.07) is 12.7. The van der Waals surface area contributed by atoms with Crippen molar-refractivity contribution in [3.8, 4) is 11.6 Å². The summed E-state index contributed by atoms with van der Waals surface area (Å²) in [5.41, 5.74) is 1.32. The van der Waals surface area contributed by atoms with E-state index in [-0.39, 0.29) is 17.2 Å². The Labute approximate surface area is 207 Å². The van der Waals surface area contributed by atoms with Crippen LogP contribution < -0.4 is 5.32 Å². The van der Waals surface area contributed by atoms with Gasteiger partial charge in [0.15, 0.2) is 11.6 Å². The molecular formula is C24H20F4N8O. The average molecular weight is 512 g/mol. The van der Waals surface area contributed by atoms with Gasteiger partial charge in [-0.1, -0.05) is 0 Å². The smallest absolute Gasteiger partial charge is 0.282 e. The molecule has 0 amide bonds. The van der Waals surface area contributed by atoms with Gasteiger partial charge < -0.3 is 10.4 Å². The summed E-state index contributed by atoms with van der Waals surface area (Å²) in [4.78, 5) is 8.82. The molecule has 0 aliphatic carbocycles. The summed E-state index contributed by atoms with van der Waals surface area (Å²) >= 11 is 0. The molecule has 1 unspecified atom stereocenters. The van der Waals surface area contributed by atoms with Crippen LogP contribution >= 0.6 is 0 Å². The van der Waals surface area contributed by atoms with Crippen molar-refractivity contribution in [2.24, 2.45) is 0 Å². The van der Waals surface area contributed by atoms with Gasteiger partial charge in [0.2, 0.25) is 0 Å². The number of anilines is 2. The van der Waals surface area contributed by atoms with Gasteiger partial charge in [-0.15, -0.1) is 5.10 Å². The molecule has 0 fully saturated rings. The van der Waals surface area contributed by atoms with E-state index in [1.165, 1.54) is 19.3 Å². The number of nitrogens with zero attached hydrogens (tertiary/aromatic N) is 7. The van der Waals surface area contributed by atoms with Gasteiger partial charge in [-0.05, 0) is 62.4 Å². The van der Waals surface area contributed by atoms with Crippen LogP contribution in [0.2, 0.25) is 0 Å². The lowest BCUT2D eigenvalue weighted by molar-refractivity contribution is 0.142. The maximum atomic E-state index is 13.7. The molecule has 0 aliphatic heterocycles. The lowest BCUT2D eigenvalue weighted by atomic mass is 10.1. The van der Waals surface area contributed by atoms with Crippen LogP contribution in [0, 0.1) is 6.92 Å². The van der Waals surface area contributed by atoms with Crippen LogP contribution in [-0.4, -0.2) is 39.6 Å². The third-order valence-corrected chi connectivity index (χ3v) is 5.61. The van der Waals surface area contributed by atoms with Crippen LogP contribution in [0.25, 0.3) is 22.7 Å². The Morgan fingerprint density at radius 1 is 0.946 bits per heavy atom. The standard InChI is InChI=1S/C24H20F4N8O/c1-12-3-7-20(33-32-12)30-14-4-6-18-16(9-14)29-11-35(18)21-8-5-15(13(2)37)24(31-21)36-19(23(27)28)10-17(34-36)22(25)26/h3-11,13,22-23,37H,1-2H3,(H,30,33). The molecule has 4 aromatic heterocycles. The quantitative estimate of drug-likeness (QED) is 0.282. The molecule has 190 valence electrons. The Bertz CT molecular complexity index is 1560. The Kier molecular flexibility index (Phi) is 6.29. The third kappa shape index (κ3) is 4.72. The van der Waals surface area contributed by atoms with Crippen molar-refractivity contribution in [1.29, 1.82) is 0 Å². The molecule has 5 rings (SSSR count). The number of aromatic nitrogens is 7. The Morgan fingerprint density at radius 2 is 1.76 bits per heavy atom. The summed E-state index contributed by atoms with van der Waals surface area (Å²) < 4.78 is 56.1. The Morgan fingerprint density at radius 3 is 2.43 bits per heavy atom. The van der Waals surface area contributed by atoms with E-state index in [0.717, 1.165) is 5.69 Å². The van der Waals surface area contributed by atoms with Crippen LogP contribution in [0.1, 0.15) is 48.5 Å². The van der Waals surface area contributed by atoms with Crippen molar-refractivity contribution in [3.63, 3.8) is 0 Å². The average Bonchev–Trinajstić information content (AvgIpc) is 3.50. The summed E-state index contributed by atoms with van der Waals surface area (Å²) in [6.45, 7) is 3.25. The van der Waals surface area contributed by atoms with Gasteiger partial charge in [-0.2, -0.15) is 10.2 Å². The predicted molar refractivity (Wildman–Crippen MR) is 127 cm³/mol. The molecule has 0 bridgehead atoms. The fourth-order valence-electron chi connectivity index (χ4n) is 3.81. The van der Waals surface area contributed by atoms with Crippen LogP contribution in [0.3, 0.4) is 0 Å². The number of benzene rings is 1. The fraction of sp³-hybridized carbons (Fsp3) is 0.208. The van der Waals surface area contributed by atoms with Crippen molar-refractivity contribution in [2.45, 2.75) is 32.8 Å². The highest BCUT2D eigenvalue weighted by Crippen LogP contribution is 2.31. The number of nitrogens with one attached hydrogen (secondary N) is 1. The first kappa shape index (κ1) is 24.3. The van der Waals surface area contributed by atoms with E-state index in [1.807, 2.05) is 13.0 Å². The van der Waals surface area contributed by atoms with Crippen LogP contribution in [-0.2, 0) is 0 Å². The van der Waals surface area contributed by atoms with Crippen molar-refractivity contribution < 1.29 is 22.7 Å². The molecule has 0 radical (unpaired) electrons. The Hall–Kier alpha value is -4.39. The van der Waals surface area contributed by atoms with Crippen LogP contribution in [0.4, 0.5) is 29.1 Å². The maximum absolute atomic E-state index is 13.7. The zero-order valence-corrected chi connectivity index (χ0v) is 19.5. The van der Waals surface area contributed by atoms with Crippen molar-refractivity contribution in [1.82, 2.24) is 34.5 Å². The monoisotopic (exact) mass is 512 g/mol. The number of halogens is 4. The molecule has 1 aromatic carbocycles. The fourth-order valence-corrected chi connectivity index (χ4v) is 3.81. The number of aliphatic hydroxyl groups is 1. The predicted octanol–water partition coefficient (Wildman–Crippen LogP) is 5.38. The molecule has 1 atom stereocenters. The highest BCUT2D eigenvalue weighted by molar-refractivity contribution is 5.82. The van der Waals surface area contributed by atoms with E-state index >= 15 is 0 Å². The van der Waals surface area contributed by atoms with Gasteiger partial charge in [0, 0.05) is 11.3 Å². The zero-order valence-electron chi connectivity index (χ0n) is 19.5. The summed E-state index contributed by atoms with van der Waals surface area (Å²) in [5, 5.41) is 25.1. The molecule has 37 heavy (non-hydrogen) atoms. The number of alkyl halides is 4. The summed E-state index contributed by atoms with van der Waals surface area (Å²) in [5.74, 6) is 0.635. The number of pyridine rings is 1. The second-order valence-electron chi connectivity index (χ2n) is 8.27. The minimum absolute atomic E-state index is 0.143. The van der Waals surface area contributed by atoms with E-state index in [4.69, 9.17) is 0 Å². The van der Waals surface area contributed by atoms with Gasteiger partial charge in [-0.3, -0.25) is 4.57 Å². The molecule has 5 aromatic rings. The minimum Gasteiger partial charge on any atom is -0.389 e. The van der Waals surface area contributed by atoms with E-state index in [2.05, 4.69) is 30.6 Å². The van der Waals surface area contributed by atoms with E-state index in [0.29, 0.717) is 33.3 Å². The number of hydrogen-bond acceptors (Lipinski definition) is 7. The molecule has 0 spiro atoms.